The SMILES string of the molecule is CC(C)[C@H](NC(=O)OC(C)(C)C)C(=O)OCCOC1CCCCO1. The van der Waals surface area contributed by atoms with Gasteiger partial charge in [0.15, 0.2) is 6.29 Å². The van der Waals surface area contributed by atoms with E-state index in [1.807, 2.05) is 13.8 Å². The van der Waals surface area contributed by atoms with Crippen LogP contribution >= 0.6 is 0 Å². The van der Waals surface area contributed by atoms with Crippen molar-refractivity contribution in [3.05, 3.63) is 0 Å². The Hall–Kier alpha value is -1.34. The van der Waals surface area contributed by atoms with Crippen molar-refractivity contribution >= 4 is 12.1 Å². The number of carbonyl (C=O) groups is 2. The molecule has 1 unspecified atom stereocenters. The Labute approximate surface area is 144 Å². The lowest BCUT2D eigenvalue weighted by molar-refractivity contribution is -0.174. The van der Waals surface area contributed by atoms with Crippen molar-refractivity contribution < 1.29 is 28.5 Å². The van der Waals surface area contributed by atoms with Crippen LogP contribution in [-0.2, 0) is 23.7 Å². The second kappa shape index (κ2) is 9.84. The number of ether oxygens (including phenoxy) is 4. The zero-order chi connectivity index (χ0) is 18.2. The number of hydrogen-bond donors (Lipinski definition) is 1. The van der Waals surface area contributed by atoms with E-state index in [0.717, 1.165) is 19.3 Å². The molecule has 7 nitrogen and oxygen atoms in total. The number of hydrogen-bond acceptors (Lipinski definition) is 6. The molecule has 0 bridgehead atoms. The summed E-state index contributed by atoms with van der Waals surface area (Å²) in [7, 11) is 0. The van der Waals surface area contributed by atoms with Gasteiger partial charge in [-0.05, 0) is 46.0 Å². The summed E-state index contributed by atoms with van der Waals surface area (Å²) in [4.78, 5) is 24.0. The van der Waals surface area contributed by atoms with Gasteiger partial charge in [-0.2, -0.15) is 0 Å². The van der Waals surface area contributed by atoms with E-state index in [0.29, 0.717) is 6.61 Å². The Balaban J connectivity index is 2.33. The van der Waals surface area contributed by atoms with Crippen molar-refractivity contribution in [2.75, 3.05) is 19.8 Å². The largest absolute Gasteiger partial charge is 0.462 e. The molecule has 0 saturated carbocycles. The van der Waals surface area contributed by atoms with E-state index in [-0.39, 0.29) is 25.4 Å². The van der Waals surface area contributed by atoms with Gasteiger partial charge in [-0.25, -0.2) is 9.59 Å². The van der Waals surface area contributed by atoms with Crippen LogP contribution in [0.5, 0.6) is 0 Å². The fourth-order valence-corrected chi connectivity index (χ4v) is 2.19. The lowest BCUT2D eigenvalue weighted by atomic mass is 10.1. The summed E-state index contributed by atoms with van der Waals surface area (Å²) in [6.07, 6.45) is 2.16. The lowest BCUT2D eigenvalue weighted by Gasteiger charge is -2.25. The highest BCUT2D eigenvalue weighted by Gasteiger charge is 2.28. The summed E-state index contributed by atoms with van der Waals surface area (Å²) in [6.45, 7) is 10.1. The molecule has 0 radical (unpaired) electrons. The maximum atomic E-state index is 12.2. The Morgan fingerprint density at radius 1 is 1.21 bits per heavy atom. The summed E-state index contributed by atoms with van der Waals surface area (Å²) in [6, 6.07) is -0.759. The van der Waals surface area contributed by atoms with Crippen LogP contribution < -0.4 is 5.32 Å². The molecule has 2 atom stereocenters. The Morgan fingerprint density at radius 3 is 2.46 bits per heavy atom. The summed E-state index contributed by atoms with van der Waals surface area (Å²) < 4.78 is 21.3. The van der Waals surface area contributed by atoms with Crippen molar-refractivity contribution in [2.24, 2.45) is 5.92 Å². The predicted octanol–water partition coefficient (Wildman–Crippen LogP) is 2.62. The van der Waals surface area contributed by atoms with Crippen LogP contribution in [0.2, 0.25) is 0 Å². The van der Waals surface area contributed by atoms with Gasteiger partial charge in [-0.3, -0.25) is 0 Å². The maximum absolute atomic E-state index is 12.2. The molecule has 0 aromatic carbocycles. The summed E-state index contributed by atoms with van der Waals surface area (Å²) in [5.74, 6) is -0.614. The average molecular weight is 345 g/mol. The molecule has 0 spiro atoms. The Bertz CT molecular complexity index is 398. The van der Waals surface area contributed by atoms with Crippen LogP contribution in [0.3, 0.4) is 0 Å². The van der Waals surface area contributed by atoms with Crippen molar-refractivity contribution in [3.63, 3.8) is 0 Å². The van der Waals surface area contributed by atoms with Crippen LogP contribution in [0.25, 0.3) is 0 Å². The number of nitrogens with one attached hydrogen (secondary N) is 1. The van der Waals surface area contributed by atoms with E-state index in [4.69, 9.17) is 18.9 Å². The smallest absolute Gasteiger partial charge is 0.408 e. The summed E-state index contributed by atoms with van der Waals surface area (Å²) in [5.41, 5.74) is -0.622. The molecule has 1 N–H and O–H groups in total. The third-order valence-electron chi connectivity index (χ3n) is 3.36. The second-order valence-electron chi connectivity index (χ2n) is 7.20. The summed E-state index contributed by atoms with van der Waals surface area (Å²) >= 11 is 0. The van der Waals surface area contributed by atoms with E-state index < -0.39 is 23.7 Å². The van der Waals surface area contributed by atoms with Crippen molar-refractivity contribution in [2.45, 2.75) is 71.8 Å². The quantitative estimate of drug-likeness (QED) is 0.564. The molecule has 1 heterocycles. The molecule has 1 amide bonds. The topological polar surface area (TPSA) is 83.1 Å². The van der Waals surface area contributed by atoms with Gasteiger partial charge in [0.25, 0.3) is 0 Å². The molecule has 24 heavy (non-hydrogen) atoms. The van der Waals surface area contributed by atoms with Gasteiger partial charge in [0.1, 0.15) is 18.2 Å². The first-order chi connectivity index (χ1) is 11.2. The van der Waals surface area contributed by atoms with Crippen LogP contribution in [-0.4, -0.2) is 49.8 Å². The van der Waals surface area contributed by atoms with Gasteiger partial charge in [0.05, 0.1) is 6.61 Å². The molecule has 140 valence electrons. The van der Waals surface area contributed by atoms with Crippen LogP contribution in [0.4, 0.5) is 4.79 Å². The number of carbonyl (C=O) groups excluding carboxylic acids is 2. The molecule has 1 aliphatic rings. The molecular formula is C17H31NO6. The monoisotopic (exact) mass is 345 g/mol. The van der Waals surface area contributed by atoms with Gasteiger partial charge in [-0.1, -0.05) is 13.8 Å². The molecule has 0 aliphatic carbocycles. The highest BCUT2D eigenvalue weighted by molar-refractivity contribution is 5.81. The van der Waals surface area contributed by atoms with Gasteiger partial charge in [0, 0.05) is 6.61 Å². The number of esters is 1. The average Bonchev–Trinajstić information content (AvgIpc) is 2.48. The highest BCUT2D eigenvalue weighted by atomic mass is 16.7. The van der Waals surface area contributed by atoms with E-state index in [2.05, 4.69) is 5.32 Å². The molecule has 0 aromatic rings. The first-order valence-corrected chi connectivity index (χ1v) is 8.58. The van der Waals surface area contributed by atoms with Crippen LogP contribution in [0.1, 0.15) is 53.9 Å². The van der Waals surface area contributed by atoms with Crippen molar-refractivity contribution in [1.29, 1.82) is 0 Å². The number of rotatable bonds is 7. The highest BCUT2D eigenvalue weighted by Crippen LogP contribution is 2.13. The van der Waals surface area contributed by atoms with Crippen molar-refractivity contribution in [1.82, 2.24) is 5.32 Å². The molecule has 7 heteroatoms. The molecular weight excluding hydrogens is 314 g/mol. The summed E-state index contributed by atoms with van der Waals surface area (Å²) in [5, 5.41) is 2.56. The van der Waals surface area contributed by atoms with Gasteiger partial charge >= 0.3 is 12.1 Å². The molecule has 1 rings (SSSR count). The molecule has 0 aromatic heterocycles. The van der Waals surface area contributed by atoms with E-state index >= 15 is 0 Å². The minimum atomic E-state index is -0.759. The maximum Gasteiger partial charge on any atom is 0.408 e. The third kappa shape index (κ3) is 8.49. The second-order valence-corrected chi connectivity index (χ2v) is 7.20. The van der Waals surface area contributed by atoms with E-state index in [1.54, 1.807) is 20.8 Å². The van der Waals surface area contributed by atoms with E-state index in [1.165, 1.54) is 0 Å². The lowest BCUT2D eigenvalue weighted by Crippen LogP contribution is -2.47. The first kappa shape index (κ1) is 20.7. The minimum Gasteiger partial charge on any atom is -0.462 e. The third-order valence-corrected chi connectivity index (χ3v) is 3.36. The predicted molar refractivity (Wildman–Crippen MR) is 88.5 cm³/mol. The van der Waals surface area contributed by atoms with Gasteiger partial charge < -0.3 is 24.3 Å². The number of amides is 1. The molecule has 1 saturated heterocycles. The molecule has 1 fully saturated rings. The van der Waals surface area contributed by atoms with Gasteiger partial charge in [-0.15, -0.1) is 0 Å². The Kier molecular flexibility index (Phi) is 8.48. The fourth-order valence-electron chi connectivity index (χ4n) is 2.19. The van der Waals surface area contributed by atoms with Crippen LogP contribution in [0, 0.1) is 5.92 Å². The normalized spacial score (nSPS) is 19.7. The minimum absolute atomic E-state index is 0.118. The fraction of sp³-hybridized carbons (Fsp3) is 0.882. The zero-order valence-electron chi connectivity index (χ0n) is 15.4. The standard InChI is InChI=1S/C17H31NO6/c1-12(2)14(18-16(20)24-17(3,4)5)15(19)23-11-10-22-13-8-6-7-9-21-13/h12-14H,6-11H2,1-5H3,(H,18,20)/t13?,14-/m0/s1. The zero-order valence-corrected chi connectivity index (χ0v) is 15.4. The van der Waals surface area contributed by atoms with Crippen LogP contribution in [0.15, 0.2) is 0 Å². The van der Waals surface area contributed by atoms with E-state index in [9.17, 15) is 9.59 Å². The Morgan fingerprint density at radius 2 is 1.92 bits per heavy atom. The molecule has 1 aliphatic heterocycles. The number of alkyl carbamates (subject to hydrolysis) is 1. The first-order valence-electron chi connectivity index (χ1n) is 8.58. The van der Waals surface area contributed by atoms with Crippen molar-refractivity contribution in [3.8, 4) is 0 Å². The van der Waals surface area contributed by atoms with Gasteiger partial charge in [0.2, 0.25) is 0 Å².